The summed E-state index contributed by atoms with van der Waals surface area (Å²) in [5.74, 6) is -0.673. The van der Waals surface area contributed by atoms with Gasteiger partial charge in [-0.05, 0) is 25.3 Å². The van der Waals surface area contributed by atoms with Gasteiger partial charge in [0, 0.05) is 0 Å². The number of amidine groups is 1. The molecule has 1 N–H and O–H groups in total. The van der Waals surface area contributed by atoms with Crippen LogP contribution in [0, 0.1) is 17.3 Å². The summed E-state index contributed by atoms with van der Waals surface area (Å²) >= 11 is 7.02. The lowest BCUT2D eigenvalue weighted by Gasteiger charge is -2.09. The average molecular weight is 288 g/mol. The predicted octanol–water partition coefficient (Wildman–Crippen LogP) is 3.30. The molecular formula is C11H11ClFN3OS. The minimum atomic E-state index is -0.643. The van der Waals surface area contributed by atoms with Gasteiger partial charge in [0.25, 0.3) is 0 Å². The second-order valence-electron chi connectivity index (χ2n) is 3.00. The minimum absolute atomic E-state index is 0.0298. The van der Waals surface area contributed by atoms with Crippen molar-refractivity contribution in [2.75, 3.05) is 12.9 Å². The maximum atomic E-state index is 14.0. The van der Waals surface area contributed by atoms with E-state index in [1.807, 2.05) is 0 Å². The lowest BCUT2D eigenvalue weighted by atomic mass is 10.3. The highest BCUT2D eigenvalue weighted by Gasteiger charge is 2.13. The molecule has 0 heterocycles. The Morgan fingerprint density at radius 3 is 2.94 bits per heavy atom. The van der Waals surface area contributed by atoms with Crippen LogP contribution < -0.4 is 10.1 Å². The molecule has 1 rings (SSSR count). The van der Waals surface area contributed by atoms with Crippen LogP contribution in [-0.4, -0.2) is 18.0 Å². The van der Waals surface area contributed by atoms with Crippen LogP contribution in [0.2, 0.25) is 5.02 Å². The topological polar surface area (TPSA) is 57.4 Å². The fourth-order valence-corrected chi connectivity index (χ4v) is 1.70. The zero-order valence-corrected chi connectivity index (χ0v) is 11.4. The molecule has 96 valence electrons. The predicted molar refractivity (Wildman–Crippen MR) is 71.9 cm³/mol. The van der Waals surface area contributed by atoms with E-state index in [2.05, 4.69) is 10.3 Å². The van der Waals surface area contributed by atoms with Crippen molar-refractivity contribution >= 4 is 34.2 Å². The van der Waals surface area contributed by atoms with Gasteiger partial charge in [-0.3, -0.25) is 5.32 Å². The van der Waals surface area contributed by atoms with E-state index in [1.165, 1.54) is 23.9 Å². The van der Waals surface area contributed by atoms with Crippen molar-refractivity contribution in [1.29, 1.82) is 5.26 Å². The molecule has 0 unspecified atom stereocenters. The number of rotatable bonds is 3. The van der Waals surface area contributed by atoms with Crippen molar-refractivity contribution in [1.82, 2.24) is 5.32 Å². The van der Waals surface area contributed by atoms with E-state index in [1.54, 1.807) is 19.4 Å². The summed E-state index contributed by atoms with van der Waals surface area (Å²) in [5, 5.41) is 11.3. The number of hydrogen-bond acceptors (Lipinski definition) is 4. The Bertz CT molecular complexity index is 502. The maximum Gasteiger partial charge on any atom is 0.192 e. The van der Waals surface area contributed by atoms with Gasteiger partial charge in [0.1, 0.15) is 5.69 Å². The minimum Gasteiger partial charge on any atom is -0.489 e. The fraction of sp³-hybridized carbons (Fsp3) is 0.273. The summed E-state index contributed by atoms with van der Waals surface area (Å²) in [6.45, 7) is 2.03. The molecule has 1 aromatic rings. The quantitative estimate of drug-likeness (QED) is 0.401. The second kappa shape index (κ2) is 7.09. The molecule has 0 aromatic heterocycles. The van der Waals surface area contributed by atoms with Crippen molar-refractivity contribution in [3.63, 3.8) is 0 Å². The van der Waals surface area contributed by atoms with Gasteiger partial charge >= 0.3 is 0 Å². The molecule has 0 atom stereocenters. The molecule has 0 spiro atoms. The number of nitrogens with one attached hydrogen (secondary N) is 1. The van der Waals surface area contributed by atoms with E-state index >= 15 is 0 Å². The number of aliphatic imine (C=N–C) groups is 1. The summed E-state index contributed by atoms with van der Waals surface area (Å²) in [7, 11) is 0. The molecule has 0 aliphatic heterocycles. The van der Waals surface area contributed by atoms with E-state index in [9.17, 15) is 4.39 Å². The van der Waals surface area contributed by atoms with Gasteiger partial charge < -0.3 is 4.74 Å². The highest BCUT2D eigenvalue weighted by atomic mass is 35.5. The van der Waals surface area contributed by atoms with Crippen LogP contribution in [0.15, 0.2) is 17.1 Å². The Morgan fingerprint density at radius 1 is 1.67 bits per heavy atom. The number of nitrogens with zero attached hydrogens (tertiary/aromatic N) is 2. The number of benzene rings is 1. The normalized spacial score (nSPS) is 10.9. The third kappa shape index (κ3) is 3.52. The number of ether oxygens (including phenoxy) is 1. The molecule has 0 aliphatic carbocycles. The fourth-order valence-electron chi connectivity index (χ4n) is 1.17. The first-order valence-electron chi connectivity index (χ1n) is 5.02. The van der Waals surface area contributed by atoms with Crippen LogP contribution in [-0.2, 0) is 0 Å². The lowest BCUT2D eigenvalue weighted by Crippen LogP contribution is -2.12. The Hall–Kier alpha value is -1.45. The molecule has 1 aromatic carbocycles. The Labute approximate surface area is 114 Å². The van der Waals surface area contributed by atoms with Gasteiger partial charge in [-0.2, -0.15) is 5.26 Å². The van der Waals surface area contributed by atoms with E-state index in [-0.39, 0.29) is 16.5 Å². The highest BCUT2D eigenvalue weighted by Crippen LogP contribution is 2.34. The van der Waals surface area contributed by atoms with E-state index in [0.717, 1.165) is 0 Å². The summed E-state index contributed by atoms with van der Waals surface area (Å²) in [5.41, 5.74) is 0.0648. The molecule has 0 amide bonds. The molecule has 18 heavy (non-hydrogen) atoms. The van der Waals surface area contributed by atoms with Crippen molar-refractivity contribution in [3.8, 4) is 11.9 Å². The first-order chi connectivity index (χ1) is 8.63. The number of halogens is 2. The summed E-state index contributed by atoms with van der Waals surface area (Å²) < 4.78 is 19.1. The highest BCUT2D eigenvalue weighted by molar-refractivity contribution is 8.13. The van der Waals surface area contributed by atoms with Crippen molar-refractivity contribution < 1.29 is 9.13 Å². The molecule has 0 bridgehead atoms. The standard InChI is InChI=1S/C11H11ClFN3OS/c1-3-17-10-7(12)4-5-8(9(10)13)16-11(18-2)15-6-14/h4-5H,3H2,1-2H3,(H,15,16). The smallest absolute Gasteiger partial charge is 0.192 e. The molecular weight excluding hydrogens is 277 g/mol. The van der Waals surface area contributed by atoms with Gasteiger partial charge in [0.05, 0.1) is 11.6 Å². The molecule has 0 aliphatic rings. The van der Waals surface area contributed by atoms with E-state index in [0.29, 0.717) is 11.8 Å². The zero-order chi connectivity index (χ0) is 13.5. The molecule has 7 heteroatoms. The third-order valence-corrected chi connectivity index (χ3v) is 2.77. The third-order valence-electron chi connectivity index (χ3n) is 1.90. The summed E-state index contributed by atoms with van der Waals surface area (Å²) in [6.07, 6.45) is 3.45. The molecule has 0 saturated carbocycles. The van der Waals surface area contributed by atoms with Crippen LogP contribution in [0.3, 0.4) is 0 Å². The Balaban J connectivity index is 3.18. The van der Waals surface area contributed by atoms with Crippen LogP contribution in [0.25, 0.3) is 0 Å². The van der Waals surface area contributed by atoms with Crippen molar-refractivity contribution in [3.05, 3.63) is 23.0 Å². The van der Waals surface area contributed by atoms with E-state index < -0.39 is 5.82 Å². The first kappa shape index (κ1) is 14.6. The molecule has 0 radical (unpaired) electrons. The molecule has 4 nitrogen and oxygen atoms in total. The maximum absolute atomic E-state index is 14.0. The van der Waals surface area contributed by atoms with Gasteiger partial charge in [-0.1, -0.05) is 23.4 Å². The van der Waals surface area contributed by atoms with Gasteiger partial charge in [-0.15, -0.1) is 0 Å². The Morgan fingerprint density at radius 2 is 2.39 bits per heavy atom. The van der Waals surface area contributed by atoms with Crippen LogP contribution in [0.5, 0.6) is 5.75 Å². The largest absolute Gasteiger partial charge is 0.489 e. The van der Waals surface area contributed by atoms with Crippen molar-refractivity contribution in [2.45, 2.75) is 6.92 Å². The van der Waals surface area contributed by atoms with Crippen molar-refractivity contribution in [2.24, 2.45) is 4.99 Å². The lowest BCUT2D eigenvalue weighted by molar-refractivity contribution is 0.322. The number of thioether (sulfide) groups is 1. The van der Waals surface area contributed by atoms with Crippen LogP contribution >= 0.6 is 23.4 Å². The molecule has 0 fully saturated rings. The van der Waals surface area contributed by atoms with Crippen LogP contribution in [0.4, 0.5) is 10.1 Å². The SMILES string of the molecule is CCOc1c(Cl)ccc(N=C(NC#N)SC)c1F. The van der Waals surface area contributed by atoms with E-state index in [4.69, 9.17) is 21.6 Å². The average Bonchev–Trinajstić information content (AvgIpc) is 2.37. The van der Waals surface area contributed by atoms with Crippen LogP contribution in [0.1, 0.15) is 6.92 Å². The zero-order valence-electron chi connectivity index (χ0n) is 9.83. The Kier molecular flexibility index (Phi) is 5.75. The van der Waals surface area contributed by atoms with Gasteiger partial charge in [0.15, 0.2) is 22.9 Å². The molecule has 0 saturated heterocycles. The van der Waals surface area contributed by atoms with Gasteiger partial charge in [-0.25, -0.2) is 9.38 Å². The summed E-state index contributed by atoms with van der Waals surface area (Å²) in [4.78, 5) is 3.98. The first-order valence-corrected chi connectivity index (χ1v) is 6.62. The summed E-state index contributed by atoms with van der Waals surface area (Å²) in [6, 6.07) is 2.92. The van der Waals surface area contributed by atoms with Gasteiger partial charge in [0.2, 0.25) is 0 Å². The number of hydrogen-bond donors (Lipinski definition) is 1. The second-order valence-corrected chi connectivity index (χ2v) is 4.20. The monoisotopic (exact) mass is 287 g/mol. The number of nitriles is 1.